The number of hydrogen-bond acceptors (Lipinski definition) is 1. The Bertz CT molecular complexity index is 361. The first kappa shape index (κ1) is 10.0. The fourth-order valence-electron chi connectivity index (χ4n) is 0.960. The van der Waals surface area contributed by atoms with E-state index in [2.05, 4.69) is 28.1 Å². The van der Waals surface area contributed by atoms with E-state index in [9.17, 15) is 0 Å². The van der Waals surface area contributed by atoms with Crippen molar-refractivity contribution >= 4 is 22.0 Å². The van der Waals surface area contributed by atoms with Crippen molar-refractivity contribution in [1.82, 2.24) is 0 Å². The largest absolute Gasteiger partial charge is 0.198 e. The van der Waals surface area contributed by atoms with Crippen molar-refractivity contribution in [2.24, 2.45) is 0 Å². The van der Waals surface area contributed by atoms with Crippen LogP contribution in [0.2, 0.25) is 0 Å². The van der Waals surface area contributed by atoms with E-state index < -0.39 is 0 Å². The smallest absolute Gasteiger partial charge is 0.0663 e. The van der Waals surface area contributed by atoms with Gasteiger partial charge in [-0.2, -0.15) is 5.26 Å². The Morgan fingerprint density at radius 3 is 2.92 bits per heavy atom. The molecule has 0 aromatic heterocycles. The second kappa shape index (κ2) is 4.84. The van der Waals surface area contributed by atoms with Gasteiger partial charge in [-0.05, 0) is 24.1 Å². The quantitative estimate of drug-likeness (QED) is 0.768. The number of nitriles is 1. The van der Waals surface area contributed by atoms with Gasteiger partial charge in [0.1, 0.15) is 0 Å². The van der Waals surface area contributed by atoms with Crippen LogP contribution in [0.25, 0.3) is 6.08 Å². The van der Waals surface area contributed by atoms with Gasteiger partial charge >= 0.3 is 0 Å². The Hall–Kier alpha value is -1.07. The van der Waals surface area contributed by atoms with E-state index in [1.54, 1.807) is 0 Å². The zero-order chi connectivity index (χ0) is 9.68. The van der Waals surface area contributed by atoms with Crippen LogP contribution < -0.4 is 0 Å². The van der Waals surface area contributed by atoms with Crippen molar-refractivity contribution in [2.75, 3.05) is 0 Å². The summed E-state index contributed by atoms with van der Waals surface area (Å²) in [6.45, 7) is 2.05. The molecule has 0 fully saturated rings. The molecule has 0 amide bonds. The lowest BCUT2D eigenvalue weighted by Crippen LogP contribution is -1.77. The van der Waals surface area contributed by atoms with Gasteiger partial charge in [-0.1, -0.05) is 40.2 Å². The molecule has 66 valence electrons. The molecule has 0 saturated carbocycles. The lowest BCUT2D eigenvalue weighted by molar-refractivity contribution is 1.36. The minimum absolute atomic E-state index is 0.464. The molecule has 0 saturated heterocycles. The van der Waals surface area contributed by atoms with Gasteiger partial charge in [0.2, 0.25) is 0 Å². The minimum atomic E-state index is 0.464. The molecule has 1 rings (SSSR count). The standard InChI is InChI=1S/C11H10BrN/c1-9-5-6-10(8-11(9)12)4-2-3-7-13/h2,4-6,8H,3H2,1H3. The topological polar surface area (TPSA) is 23.8 Å². The van der Waals surface area contributed by atoms with Gasteiger partial charge < -0.3 is 0 Å². The number of halogens is 1. The summed E-state index contributed by atoms with van der Waals surface area (Å²) in [4.78, 5) is 0. The third-order valence-electron chi connectivity index (χ3n) is 1.72. The van der Waals surface area contributed by atoms with Crippen molar-refractivity contribution < 1.29 is 0 Å². The number of nitrogens with zero attached hydrogens (tertiary/aromatic N) is 1. The van der Waals surface area contributed by atoms with Crippen molar-refractivity contribution in [3.05, 3.63) is 39.9 Å². The van der Waals surface area contributed by atoms with Crippen LogP contribution in [0.1, 0.15) is 17.5 Å². The normalized spacial score (nSPS) is 10.2. The maximum atomic E-state index is 8.33. The van der Waals surface area contributed by atoms with E-state index in [0.29, 0.717) is 6.42 Å². The Balaban J connectivity index is 2.81. The molecule has 0 bridgehead atoms. The average molecular weight is 236 g/mol. The number of hydrogen-bond donors (Lipinski definition) is 0. The van der Waals surface area contributed by atoms with Crippen LogP contribution in [-0.4, -0.2) is 0 Å². The molecular weight excluding hydrogens is 226 g/mol. The lowest BCUT2D eigenvalue weighted by atomic mass is 10.1. The molecule has 13 heavy (non-hydrogen) atoms. The Kier molecular flexibility index (Phi) is 3.72. The van der Waals surface area contributed by atoms with Crippen LogP contribution in [-0.2, 0) is 0 Å². The molecule has 0 atom stereocenters. The van der Waals surface area contributed by atoms with Crippen LogP contribution >= 0.6 is 15.9 Å². The third-order valence-corrected chi connectivity index (χ3v) is 2.57. The second-order valence-electron chi connectivity index (χ2n) is 2.77. The van der Waals surface area contributed by atoms with Crippen molar-refractivity contribution in [1.29, 1.82) is 5.26 Å². The first-order chi connectivity index (χ1) is 6.24. The zero-order valence-electron chi connectivity index (χ0n) is 7.42. The fourth-order valence-corrected chi connectivity index (χ4v) is 1.36. The first-order valence-corrected chi connectivity index (χ1v) is 4.83. The van der Waals surface area contributed by atoms with Crippen LogP contribution in [0.3, 0.4) is 0 Å². The van der Waals surface area contributed by atoms with E-state index in [-0.39, 0.29) is 0 Å². The highest BCUT2D eigenvalue weighted by Gasteiger charge is 1.93. The van der Waals surface area contributed by atoms with E-state index in [1.165, 1.54) is 5.56 Å². The Labute approximate surface area is 86.8 Å². The summed E-state index contributed by atoms with van der Waals surface area (Å²) in [7, 11) is 0. The van der Waals surface area contributed by atoms with Crippen LogP contribution in [0.4, 0.5) is 0 Å². The van der Waals surface area contributed by atoms with Gasteiger partial charge in [-0.15, -0.1) is 0 Å². The molecule has 1 aromatic rings. The molecule has 0 radical (unpaired) electrons. The predicted octanol–water partition coefficient (Wildman–Crippen LogP) is 3.68. The van der Waals surface area contributed by atoms with Gasteiger partial charge in [0.25, 0.3) is 0 Å². The molecule has 0 spiro atoms. The molecule has 0 unspecified atom stereocenters. The molecule has 1 aromatic carbocycles. The Morgan fingerprint density at radius 2 is 2.31 bits per heavy atom. The van der Waals surface area contributed by atoms with Gasteiger partial charge in [-0.25, -0.2) is 0 Å². The van der Waals surface area contributed by atoms with E-state index in [1.807, 2.05) is 31.2 Å². The molecule has 1 nitrogen and oxygen atoms in total. The summed E-state index contributed by atoms with van der Waals surface area (Å²) in [6.07, 6.45) is 4.27. The first-order valence-electron chi connectivity index (χ1n) is 4.03. The predicted molar refractivity (Wildman–Crippen MR) is 58.1 cm³/mol. The van der Waals surface area contributed by atoms with Crippen LogP contribution in [0.15, 0.2) is 28.7 Å². The minimum Gasteiger partial charge on any atom is -0.198 e. The molecule has 2 heteroatoms. The number of benzene rings is 1. The highest BCUT2D eigenvalue weighted by molar-refractivity contribution is 9.10. The van der Waals surface area contributed by atoms with Crippen LogP contribution in [0.5, 0.6) is 0 Å². The van der Waals surface area contributed by atoms with E-state index in [0.717, 1.165) is 10.0 Å². The summed E-state index contributed by atoms with van der Waals surface area (Å²) >= 11 is 3.46. The molecule has 0 aliphatic carbocycles. The summed E-state index contributed by atoms with van der Waals surface area (Å²) in [5.41, 5.74) is 2.34. The maximum Gasteiger partial charge on any atom is 0.0663 e. The highest BCUT2D eigenvalue weighted by Crippen LogP contribution is 2.18. The van der Waals surface area contributed by atoms with Gasteiger partial charge in [0, 0.05) is 4.47 Å². The van der Waals surface area contributed by atoms with Crippen molar-refractivity contribution in [3.63, 3.8) is 0 Å². The maximum absolute atomic E-state index is 8.33. The average Bonchev–Trinajstić information content (AvgIpc) is 2.12. The summed E-state index contributed by atoms with van der Waals surface area (Å²) in [5, 5.41) is 8.33. The molecule has 0 aliphatic rings. The van der Waals surface area contributed by atoms with E-state index in [4.69, 9.17) is 5.26 Å². The molecule has 0 aliphatic heterocycles. The number of rotatable bonds is 2. The summed E-state index contributed by atoms with van der Waals surface area (Å²) in [6, 6.07) is 8.20. The zero-order valence-corrected chi connectivity index (χ0v) is 9.01. The molecule has 0 heterocycles. The summed E-state index contributed by atoms with van der Waals surface area (Å²) < 4.78 is 1.10. The lowest BCUT2D eigenvalue weighted by Gasteiger charge is -1.98. The summed E-state index contributed by atoms with van der Waals surface area (Å²) in [5.74, 6) is 0. The highest BCUT2D eigenvalue weighted by atomic mass is 79.9. The molecule has 0 N–H and O–H groups in total. The Morgan fingerprint density at radius 1 is 1.54 bits per heavy atom. The fraction of sp³-hybridized carbons (Fsp3) is 0.182. The number of aryl methyl sites for hydroxylation is 1. The van der Waals surface area contributed by atoms with E-state index >= 15 is 0 Å². The van der Waals surface area contributed by atoms with Crippen molar-refractivity contribution in [2.45, 2.75) is 13.3 Å². The number of allylic oxidation sites excluding steroid dienone is 1. The van der Waals surface area contributed by atoms with Gasteiger partial charge in [0.05, 0.1) is 12.5 Å². The van der Waals surface area contributed by atoms with Gasteiger partial charge in [-0.3, -0.25) is 0 Å². The van der Waals surface area contributed by atoms with Crippen molar-refractivity contribution in [3.8, 4) is 6.07 Å². The monoisotopic (exact) mass is 235 g/mol. The van der Waals surface area contributed by atoms with Gasteiger partial charge in [0.15, 0.2) is 0 Å². The molecular formula is C11H10BrN. The van der Waals surface area contributed by atoms with Crippen LogP contribution in [0, 0.1) is 18.3 Å². The SMILES string of the molecule is Cc1ccc(C=CCC#N)cc1Br. The third kappa shape index (κ3) is 3.04. The second-order valence-corrected chi connectivity index (χ2v) is 3.63.